The van der Waals surface area contributed by atoms with Gasteiger partial charge in [-0.05, 0) is 49.7 Å². The molecule has 2 rings (SSSR count). The normalized spacial score (nSPS) is 11.0. The lowest BCUT2D eigenvalue weighted by atomic mass is 10.2. The molecule has 0 aromatic heterocycles. The number of carbonyl (C=O) groups excluding carboxylic acids is 1. The minimum absolute atomic E-state index is 0.232. The maximum atomic E-state index is 12.4. The van der Waals surface area contributed by atoms with Crippen molar-refractivity contribution in [1.82, 2.24) is 0 Å². The Balaban J connectivity index is 2.27. The molecule has 0 unspecified atom stereocenters. The molecule has 1 N–H and O–H groups in total. The van der Waals surface area contributed by atoms with Crippen molar-refractivity contribution in [2.45, 2.75) is 18.7 Å². The van der Waals surface area contributed by atoms with Crippen molar-refractivity contribution in [2.75, 3.05) is 11.8 Å². The summed E-state index contributed by atoms with van der Waals surface area (Å²) in [5, 5.41) is 0. The van der Waals surface area contributed by atoms with Crippen molar-refractivity contribution in [1.29, 1.82) is 0 Å². The van der Waals surface area contributed by atoms with Gasteiger partial charge in [-0.1, -0.05) is 17.7 Å². The number of rotatable bonds is 4. The molecule has 22 heavy (non-hydrogen) atoms. The lowest BCUT2D eigenvalue weighted by molar-refractivity contribution is 0.0601. The SMILES string of the molecule is COC(=O)c1ccc(NS(=O)(=O)c2ccc(C)cc2C)cc1. The van der Waals surface area contributed by atoms with Gasteiger partial charge in [-0.15, -0.1) is 0 Å². The number of hydrogen-bond acceptors (Lipinski definition) is 4. The highest BCUT2D eigenvalue weighted by atomic mass is 32.2. The summed E-state index contributed by atoms with van der Waals surface area (Å²) in [6, 6.07) is 11.2. The highest BCUT2D eigenvalue weighted by molar-refractivity contribution is 7.92. The molecule has 0 bridgehead atoms. The fourth-order valence-electron chi connectivity index (χ4n) is 2.10. The maximum absolute atomic E-state index is 12.4. The molecule has 0 saturated carbocycles. The van der Waals surface area contributed by atoms with E-state index in [0.717, 1.165) is 5.56 Å². The molecule has 0 atom stereocenters. The molecule has 0 aliphatic rings. The molecule has 116 valence electrons. The Morgan fingerprint density at radius 1 is 1.05 bits per heavy atom. The smallest absolute Gasteiger partial charge is 0.337 e. The molecule has 0 spiro atoms. The van der Waals surface area contributed by atoms with Gasteiger partial charge in [0.2, 0.25) is 0 Å². The number of anilines is 1. The lowest BCUT2D eigenvalue weighted by Crippen LogP contribution is -2.14. The van der Waals surface area contributed by atoms with Crippen LogP contribution in [0.2, 0.25) is 0 Å². The highest BCUT2D eigenvalue weighted by Crippen LogP contribution is 2.20. The molecular weight excluding hydrogens is 302 g/mol. The molecule has 0 radical (unpaired) electrons. The first-order valence-electron chi connectivity index (χ1n) is 6.62. The number of benzene rings is 2. The van der Waals surface area contributed by atoms with Crippen molar-refractivity contribution in [3.63, 3.8) is 0 Å². The van der Waals surface area contributed by atoms with Gasteiger partial charge < -0.3 is 4.74 Å². The van der Waals surface area contributed by atoms with E-state index in [1.165, 1.54) is 31.4 Å². The van der Waals surface area contributed by atoms with Gasteiger partial charge in [0.25, 0.3) is 10.0 Å². The summed E-state index contributed by atoms with van der Waals surface area (Å²) in [5.74, 6) is -0.469. The number of esters is 1. The van der Waals surface area contributed by atoms with Gasteiger partial charge in [0.15, 0.2) is 0 Å². The van der Waals surface area contributed by atoms with Crippen LogP contribution in [-0.2, 0) is 14.8 Å². The molecule has 0 heterocycles. The lowest BCUT2D eigenvalue weighted by Gasteiger charge is -2.11. The van der Waals surface area contributed by atoms with Crippen molar-refractivity contribution >= 4 is 21.7 Å². The molecule has 0 amide bonds. The van der Waals surface area contributed by atoms with Crippen LogP contribution < -0.4 is 4.72 Å². The molecule has 6 heteroatoms. The summed E-state index contributed by atoms with van der Waals surface area (Å²) in [6.45, 7) is 3.66. The predicted molar refractivity (Wildman–Crippen MR) is 84.5 cm³/mol. The molecule has 2 aromatic carbocycles. The third kappa shape index (κ3) is 3.46. The van der Waals surface area contributed by atoms with Gasteiger partial charge in [-0.25, -0.2) is 13.2 Å². The minimum atomic E-state index is -3.67. The van der Waals surface area contributed by atoms with Crippen LogP contribution in [0.15, 0.2) is 47.4 Å². The van der Waals surface area contributed by atoms with Crippen LogP contribution >= 0.6 is 0 Å². The van der Waals surface area contributed by atoms with Crippen LogP contribution in [0.25, 0.3) is 0 Å². The molecule has 0 saturated heterocycles. The average Bonchev–Trinajstić information content (AvgIpc) is 2.46. The largest absolute Gasteiger partial charge is 0.465 e. The zero-order valence-electron chi connectivity index (χ0n) is 12.6. The molecule has 0 aliphatic heterocycles. The van der Waals surface area contributed by atoms with Gasteiger partial charge in [0.05, 0.1) is 17.6 Å². The quantitative estimate of drug-likeness (QED) is 0.880. The number of sulfonamides is 1. The fraction of sp³-hybridized carbons (Fsp3) is 0.188. The first-order valence-corrected chi connectivity index (χ1v) is 8.10. The average molecular weight is 319 g/mol. The van der Waals surface area contributed by atoms with Crippen molar-refractivity contribution in [3.05, 3.63) is 59.2 Å². The Kier molecular flexibility index (Phi) is 4.51. The molecule has 2 aromatic rings. The fourth-order valence-corrected chi connectivity index (χ4v) is 3.39. The van der Waals surface area contributed by atoms with Gasteiger partial charge in [0, 0.05) is 5.69 Å². The topological polar surface area (TPSA) is 72.5 Å². The third-order valence-electron chi connectivity index (χ3n) is 3.18. The highest BCUT2D eigenvalue weighted by Gasteiger charge is 2.17. The van der Waals surface area contributed by atoms with E-state index < -0.39 is 16.0 Å². The molecule has 0 aliphatic carbocycles. The summed E-state index contributed by atoms with van der Waals surface area (Å²) in [4.78, 5) is 11.6. The van der Waals surface area contributed by atoms with Crippen LogP contribution in [0.5, 0.6) is 0 Å². The number of hydrogen-bond donors (Lipinski definition) is 1. The Morgan fingerprint density at radius 3 is 2.23 bits per heavy atom. The monoisotopic (exact) mass is 319 g/mol. The van der Waals surface area contributed by atoms with Crippen molar-refractivity contribution < 1.29 is 17.9 Å². The van der Waals surface area contributed by atoms with Crippen LogP contribution in [0.4, 0.5) is 5.69 Å². The Labute approximate surface area is 130 Å². The number of carbonyl (C=O) groups is 1. The summed E-state index contributed by atoms with van der Waals surface area (Å²) < 4.78 is 31.9. The Hall–Kier alpha value is -2.34. The summed E-state index contributed by atoms with van der Waals surface area (Å²) in [6.07, 6.45) is 0. The van der Waals surface area contributed by atoms with E-state index in [1.807, 2.05) is 13.0 Å². The van der Waals surface area contributed by atoms with Gasteiger partial charge in [-0.3, -0.25) is 4.72 Å². The first kappa shape index (κ1) is 16.0. The van der Waals surface area contributed by atoms with Gasteiger partial charge in [0.1, 0.15) is 0 Å². The number of ether oxygens (including phenoxy) is 1. The van der Waals surface area contributed by atoms with E-state index in [1.54, 1.807) is 19.1 Å². The van der Waals surface area contributed by atoms with E-state index in [4.69, 9.17) is 0 Å². The van der Waals surface area contributed by atoms with Crippen LogP contribution in [0.1, 0.15) is 21.5 Å². The predicted octanol–water partition coefficient (Wildman–Crippen LogP) is 2.89. The summed E-state index contributed by atoms with van der Waals surface area (Å²) in [5.41, 5.74) is 2.42. The van der Waals surface area contributed by atoms with Crippen molar-refractivity contribution in [3.8, 4) is 0 Å². The summed E-state index contributed by atoms with van der Waals surface area (Å²) >= 11 is 0. The minimum Gasteiger partial charge on any atom is -0.465 e. The Morgan fingerprint density at radius 2 is 1.68 bits per heavy atom. The second kappa shape index (κ2) is 6.19. The second-order valence-corrected chi connectivity index (χ2v) is 6.59. The zero-order chi connectivity index (χ0) is 16.3. The number of methoxy groups -OCH3 is 1. The maximum Gasteiger partial charge on any atom is 0.337 e. The number of aryl methyl sites for hydroxylation is 2. The number of nitrogens with one attached hydrogen (secondary N) is 1. The van der Waals surface area contributed by atoms with Crippen LogP contribution in [0.3, 0.4) is 0 Å². The molecule has 5 nitrogen and oxygen atoms in total. The van der Waals surface area contributed by atoms with E-state index in [-0.39, 0.29) is 4.90 Å². The van der Waals surface area contributed by atoms with Crippen LogP contribution in [0, 0.1) is 13.8 Å². The van der Waals surface area contributed by atoms with Crippen molar-refractivity contribution in [2.24, 2.45) is 0 Å². The third-order valence-corrected chi connectivity index (χ3v) is 4.72. The van der Waals surface area contributed by atoms with E-state index in [0.29, 0.717) is 16.8 Å². The van der Waals surface area contributed by atoms with E-state index in [2.05, 4.69) is 9.46 Å². The zero-order valence-corrected chi connectivity index (χ0v) is 13.4. The first-order chi connectivity index (χ1) is 10.3. The second-order valence-electron chi connectivity index (χ2n) is 4.94. The van der Waals surface area contributed by atoms with Gasteiger partial charge in [-0.2, -0.15) is 0 Å². The van der Waals surface area contributed by atoms with E-state index in [9.17, 15) is 13.2 Å². The standard InChI is InChI=1S/C16H17NO4S/c1-11-4-9-15(12(2)10-11)22(19,20)17-14-7-5-13(6-8-14)16(18)21-3/h4-10,17H,1-3H3. The van der Waals surface area contributed by atoms with Gasteiger partial charge >= 0.3 is 5.97 Å². The van der Waals surface area contributed by atoms with Crippen LogP contribution in [-0.4, -0.2) is 21.5 Å². The van der Waals surface area contributed by atoms with E-state index >= 15 is 0 Å². The molecule has 0 fully saturated rings. The molecular formula is C16H17NO4S. The Bertz CT molecular complexity index is 795. The summed E-state index contributed by atoms with van der Waals surface area (Å²) in [7, 11) is -2.37.